The van der Waals surface area contributed by atoms with Gasteiger partial charge in [0.15, 0.2) is 12.2 Å². The van der Waals surface area contributed by atoms with Crippen molar-refractivity contribution in [2.24, 2.45) is 4.99 Å². The smallest absolute Gasteiger partial charge is 0.181 e. The Morgan fingerprint density at radius 2 is 1.91 bits per heavy atom. The zero-order valence-electron chi connectivity index (χ0n) is 18.9. The first-order valence-electron chi connectivity index (χ1n) is 10.8. The highest BCUT2D eigenvalue weighted by Gasteiger charge is 2.28. The van der Waals surface area contributed by atoms with Gasteiger partial charge < -0.3 is 4.42 Å². The van der Waals surface area contributed by atoms with Gasteiger partial charge in [-0.3, -0.25) is 9.56 Å². The first-order valence-corrected chi connectivity index (χ1v) is 15.1. The number of aliphatic imine (C=N–C) groups is 1. The van der Waals surface area contributed by atoms with Gasteiger partial charge in [0.1, 0.15) is 20.1 Å². The fraction of sp³-hybridized carbons (Fsp3) is 0.192. The van der Waals surface area contributed by atoms with Crippen LogP contribution in [0.5, 0.6) is 0 Å². The van der Waals surface area contributed by atoms with Crippen molar-refractivity contribution >= 4 is 29.7 Å². The predicted octanol–water partition coefficient (Wildman–Crippen LogP) is 6.43. The molecule has 2 aromatic carbocycles. The molecule has 0 fully saturated rings. The molecule has 4 aromatic rings. The van der Waals surface area contributed by atoms with Crippen LogP contribution in [0.1, 0.15) is 35.3 Å². The van der Waals surface area contributed by atoms with E-state index in [1.54, 1.807) is 6.20 Å². The van der Waals surface area contributed by atoms with Crippen LogP contribution in [0.15, 0.2) is 75.3 Å². The SMILES string of the molecule is C[C@@H]1N=C(c2ccccc2Br)c2cc(C#C[Si](C)(C)C)ccc2-n2cnc(-c3cnco3)c21. The van der Waals surface area contributed by atoms with E-state index in [4.69, 9.17) is 9.41 Å². The molecule has 33 heavy (non-hydrogen) atoms. The van der Waals surface area contributed by atoms with Gasteiger partial charge in [-0.05, 0) is 31.2 Å². The number of halogens is 1. The third-order valence-electron chi connectivity index (χ3n) is 5.41. The van der Waals surface area contributed by atoms with Gasteiger partial charge in [0.05, 0.1) is 29.3 Å². The highest BCUT2D eigenvalue weighted by Crippen LogP contribution is 2.37. The summed E-state index contributed by atoms with van der Waals surface area (Å²) in [6.07, 6.45) is 4.96. The minimum absolute atomic E-state index is 0.154. The summed E-state index contributed by atoms with van der Waals surface area (Å²) in [7, 11) is -1.50. The lowest BCUT2D eigenvalue weighted by atomic mass is 9.98. The average molecular weight is 515 g/mol. The van der Waals surface area contributed by atoms with E-state index in [9.17, 15) is 0 Å². The van der Waals surface area contributed by atoms with E-state index in [0.29, 0.717) is 5.76 Å². The molecule has 5 rings (SSSR count). The molecule has 0 saturated heterocycles. The lowest BCUT2D eigenvalue weighted by molar-refractivity contribution is 0.568. The van der Waals surface area contributed by atoms with E-state index in [2.05, 4.69) is 92.8 Å². The number of fused-ring (bicyclic) bond motifs is 3. The fourth-order valence-electron chi connectivity index (χ4n) is 3.94. The van der Waals surface area contributed by atoms with Gasteiger partial charge >= 0.3 is 0 Å². The van der Waals surface area contributed by atoms with E-state index >= 15 is 0 Å². The summed E-state index contributed by atoms with van der Waals surface area (Å²) in [4.78, 5) is 13.9. The Hall–Kier alpha value is -3.21. The Morgan fingerprint density at radius 3 is 2.64 bits per heavy atom. The second kappa shape index (κ2) is 8.29. The van der Waals surface area contributed by atoms with E-state index < -0.39 is 8.07 Å². The van der Waals surface area contributed by atoms with Crippen molar-refractivity contribution in [3.8, 4) is 28.6 Å². The quantitative estimate of drug-likeness (QED) is 0.228. The fourth-order valence-corrected chi connectivity index (χ4v) is 4.93. The molecule has 164 valence electrons. The van der Waals surface area contributed by atoms with Gasteiger partial charge in [0.25, 0.3) is 0 Å². The van der Waals surface area contributed by atoms with Crippen molar-refractivity contribution in [2.75, 3.05) is 0 Å². The van der Waals surface area contributed by atoms with E-state index in [-0.39, 0.29) is 6.04 Å². The van der Waals surface area contributed by atoms with Crippen molar-refractivity contribution in [1.29, 1.82) is 0 Å². The molecule has 1 aliphatic heterocycles. The summed E-state index contributed by atoms with van der Waals surface area (Å²) in [6, 6.07) is 14.4. The Labute approximate surface area is 202 Å². The molecule has 0 bridgehead atoms. The monoisotopic (exact) mass is 514 g/mol. The van der Waals surface area contributed by atoms with Crippen molar-refractivity contribution in [3.05, 3.63) is 88.2 Å². The van der Waals surface area contributed by atoms with Gasteiger partial charge in [-0.1, -0.05) is 59.7 Å². The highest BCUT2D eigenvalue weighted by atomic mass is 79.9. The molecule has 5 nitrogen and oxygen atoms in total. The zero-order valence-corrected chi connectivity index (χ0v) is 21.5. The van der Waals surface area contributed by atoms with Crippen LogP contribution in [0.3, 0.4) is 0 Å². The van der Waals surface area contributed by atoms with E-state index in [1.165, 1.54) is 6.39 Å². The van der Waals surface area contributed by atoms with Crippen LogP contribution in [0, 0.1) is 11.5 Å². The van der Waals surface area contributed by atoms with Gasteiger partial charge in [-0.25, -0.2) is 9.97 Å². The normalized spacial score (nSPS) is 15.1. The standard InChI is InChI=1S/C26H23BrN4OSi/c1-17-26-25(23-14-28-16-32-23)29-15-31(26)22-10-9-18(11-12-33(2,3)4)13-20(22)24(30-17)19-7-5-6-8-21(19)27/h5-10,13-17H,1-4H3/t17-/m0/s1. The van der Waals surface area contributed by atoms with Gasteiger partial charge in [0, 0.05) is 21.2 Å². The molecule has 7 heteroatoms. The van der Waals surface area contributed by atoms with Crippen LogP contribution in [-0.2, 0) is 0 Å². The van der Waals surface area contributed by atoms with Crippen molar-refractivity contribution in [3.63, 3.8) is 0 Å². The van der Waals surface area contributed by atoms with Gasteiger partial charge in [0.2, 0.25) is 0 Å². The Bertz CT molecular complexity index is 1440. The molecule has 1 atom stereocenters. The van der Waals surface area contributed by atoms with Crippen LogP contribution in [0.4, 0.5) is 0 Å². The Balaban J connectivity index is 1.78. The molecular formula is C26H23BrN4OSi. The first kappa shape index (κ1) is 21.6. The molecule has 0 N–H and O–H groups in total. The maximum absolute atomic E-state index is 5.58. The van der Waals surface area contributed by atoms with E-state index in [1.807, 2.05) is 24.5 Å². The number of rotatable bonds is 2. The number of imidazole rings is 1. The molecule has 0 amide bonds. The molecule has 0 aliphatic carbocycles. The topological polar surface area (TPSA) is 56.2 Å². The van der Waals surface area contributed by atoms with Crippen molar-refractivity contribution < 1.29 is 4.42 Å². The summed E-state index contributed by atoms with van der Waals surface area (Å²) < 4.78 is 8.69. The van der Waals surface area contributed by atoms with Gasteiger partial charge in [-0.2, -0.15) is 0 Å². The van der Waals surface area contributed by atoms with Crippen LogP contribution in [-0.4, -0.2) is 28.3 Å². The minimum atomic E-state index is -1.50. The van der Waals surface area contributed by atoms with Crippen LogP contribution in [0.2, 0.25) is 19.6 Å². The Kier molecular flexibility index (Phi) is 5.43. The highest BCUT2D eigenvalue weighted by molar-refractivity contribution is 9.10. The summed E-state index contributed by atoms with van der Waals surface area (Å²) in [5.74, 6) is 4.04. The molecule has 0 radical (unpaired) electrons. The van der Waals surface area contributed by atoms with Crippen LogP contribution >= 0.6 is 15.9 Å². The maximum Gasteiger partial charge on any atom is 0.181 e. The van der Waals surface area contributed by atoms with Crippen molar-refractivity contribution in [1.82, 2.24) is 14.5 Å². The minimum Gasteiger partial charge on any atom is -0.442 e. The third-order valence-corrected chi connectivity index (χ3v) is 6.98. The van der Waals surface area contributed by atoms with E-state index in [0.717, 1.165) is 44.0 Å². The lowest BCUT2D eigenvalue weighted by Gasteiger charge is -2.13. The molecule has 0 saturated carbocycles. The Morgan fingerprint density at radius 1 is 1.09 bits per heavy atom. The predicted molar refractivity (Wildman–Crippen MR) is 137 cm³/mol. The lowest BCUT2D eigenvalue weighted by Crippen LogP contribution is -2.16. The van der Waals surface area contributed by atoms with Crippen LogP contribution in [0.25, 0.3) is 17.1 Å². The number of benzene rings is 2. The van der Waals surface area contributed by atoms with Gasteiger partial charge in [-0.15, -0.1) is 5.54 Å². The second-order valence-corrected chi connectivity index (χ2v) is 14.7. The zero-order chi connectivity index (χ0) is 23.2. The summed E-state index contributed by atoms with van der Waals surface area (Å²) in [5, 5.41) is 0. The molecule has 0 unspecified atom stereocenters. The molecule has 3 heterocycles. The maximum atomic E-state index is 5.58. The second-order valence-electron chi connectivity index (χ2n) is 9.08. The number of oxazole rings is 1. The molecular weight excluding hydrogens is 492 g/mol. The molecule has 2 aromatic heterocycles. The molecule has 1 aliphatic rings. The third kappa shape index (κ3) is 4.12. The van der Waals surface area contributed by atoms with Crippen molar-refractivity contribution in [2.45, 2.75) is 32.6 Å². The average Bonchev–Trinajstić information content (AvgIpc) is 3.44. The largest absolute Gasteiger partial charge is 0.442 e. The summed E-state index contributed by atoms with van der Waals surface area (Å²) in [5.41, 5.74) is 10.2. The first-order chi connectivity index (χ1) is 15.8. The molecule has 0 spiro atoms. The summed E-state index contributed by atoms with van der Waals surface area (Å²) >= 11 is 3.73. The number of hydrogen-bond donors (Lipinski definition) is 0. The summed E-state index contributed by atoms with van der Waals surface area (Å²) in [6.45, 7) is 8.84. The van der Waals surface area contributed by atoms with Crippen LogP contribution < -0.4 is 0 Å². The number of aromatic nitrogens is 3. The number of nitrogens with zero attached hydrogens (tertiary/aromatic N) is 4. The number of hydrogen-bond acceptors (Lipinski definition) is 4.